The van der Waals surface area contributed by atoms with Gasteiger partial charge in [0.2, 0.25) is 0 Å². The molecule has 21 heavy (non-hydrogen) atoms. The van der Waals surface area contributed by atoms with E-state index in [1.165, 1.54) is 19.6 Å². The zero-order valence-corrected chi connectivity index (χ0v) is 12.0. The van der Waals surface area contributed by atoms with Gasteiger partial charge in [0.1, 0.15) is 6.26 Å². The van der Waals surface area contributed by atoms with Crippen LogP contribution in [0.4, 0.5) is 5.69 Å². The number of ether oxygens (including phenoxy) is 1. The van der Waals surface area contributed by atoms with E-state index in [9.17, 15) is 9.59 Å². The summed E-state index contributed by atoms with van der Waals surface area (Å²) >= 11 is 0. The maximum atomic E-state index is 11.8. The largest absolute Gasteiger partial charge is 0.472 e. The Morgan fingerprint density at radius 3 is 2.52 bits per heavy atom. The van der Waals surface area contributed by atoms with E-state index in [4.69, 9.17) is 9.15 Å². The summed E-state index contributed by atoms with van der Waals surface area (Å²) < 4.78 is 9.56. The number of esters is 1. The Morgan fingerprint density at radius 1 is 1.24 bits per heavy atom. The lowest BCUT2D eigenvalue weighted by molar-refractivity contribution is -0.144. The highest BCUT2D eigenvalue weighted by Crippen LogP contribution is 2.15. The molecule has 1 atom stereocenters. The van der Waals surface area contributed by atoms with Gasteiger partial charge >= 0.3 is 5.97 Å². The quantitative estimate of drug-likeness (QED) is 0.858. The Hall–Kier alpha value is -2.56. The van der Waals surface area contributed by atoms with Crippen molar-refractivity contribution in [3.63, 3.8) is 0 Å². The molecule has 0 aliphatic carbocycles. The second-order valence-electron chi connectivity index (χ2n) is 4.79. The zero-order chi connectivity index (χ0) is 15.2. The van der Waals surface area contributed by atoms with Gasteiger partial charge in [-0.2, -0.15) is 0 Å². The normalized spacial score (nSPS) is 11.7. The summed E-state index contributed by atoms with van der Waals surface area (Å²) in [7, 11) is 1.38. The van der Waals surface area contributed by atoms with E-state index < -0.39 is 0 Å². The van der Waals surface area contributed by atoms with Crippen LogP contribution < -0.4 is 5.32 Å². The van der Waals surface area contributed by atoms with Gasteiger partial charge in [0.15, 0.2) is 0 Å². The highest BCUT2D eigenvalue weighted by molar-refractivity contribution is 6.03. The van der Waals surface area contributed by atoms with Crippen molar-refractivity contribution in [3.8, 4) is 0 Å². The Labute approximate surface area is 122 Å². The molecule has 1 amide bonds. The van der Waals surface area contributed by atoms with Crippen LogP contribution in [0.5, 0.6) is 0 Å². The second-order valence-corrected chi connectivity index (χ2v) is 4.79. The Balaban J connectivity index is 1.96. The maximum absolute atomic E-state index is 11.8. The van der Waals surface area contributed by atoms with Crippen molar-refractivity contribution >= 4 is 17.6 Å². The minimum absolute atomic E-state index is 0.193. The minimum atomic E-state index is -0.229. The first-order valence-electron chi connectivity index (χ1n) is 6.60. The van der Waals surface area contributed by atoms with Gasteiger partial charge in [0, 0.05) is 5.69 Å². The molecule has 1 aromatic heterocycles. The second kappa shape index (κ2) is 6.74. The molecule has 0 bridgehead atoms. The molecule has 1 heterocycles. The minimum Gasteiger partial charge on any atom is -0.472 e. The van der Waals surface area contributed by atoms with E-state index in [2.05, 4.69) is 5.32 Å². The van der Waals surface area contributed by atoms with Crippen LogP contribution in [0.1, 0.15) is 22.8 Å². The predicted octanol–water partition coefficient (Wildman–Crippen LogP) is 2.88. The fraction of sp³-hybridized carbons (Fsp3) is 0.250. The lowest BCUT2D eigenvalue weighted by atomic mass is 10.0. The Bertz CT molecular complexity index is 602. The van der Waals surface area contributed by atoms with E-state index in [1.807, 2.05) is 19.1 Å². The summed E-state index contributed by atoms with van der Waals surface area (Å²) in [5, 5.41) is 2.77. The van der Waals surface area contributed by atoms with Gasteiger partial charge in [-0.05, 0) is 30.2 Å². The average Bonchev–Trinajstić information content (AvgIpc) is 3.02. The molecule has 0 radical (unpaired) electrons. The Morgan fingerprint density at radius 2 is 1.95 bits per heavy atom. The molecule has 1 unspecified atom stereocenters. The van der Waals surface area contributed by atoms with Crippen LogP contribution in [-0.2, 0) is 16.0 Å². The van der Waals surface area contributed by atoms with E-state index in [1.54, 1.807) is 18.2 Å². The standard InChI is InChI=1S/C16H17NO4/c1-11(16(19)20-2)9-12-3-5-14(6-4-12)17-15(18)13-7-8-21-10-13/h3-8,10-11H,9H2,1-2H3,(H,17,18). The first kappa shape index (κ1) is 14.8. The van der Waals surface area contributed by atoms with E-state index in [0.717, 1.165) is 5.56 Å². The predicted molar refractivity (Wildman–Crippen MR) is 78.0 cm³/mol. The van der Waals surface area contributed by atoms with Crippen molar-refractivity contribution in [2.75, 3.05) is 12.4 Å². The molecule has 2 aromatic rings. The van der Waals surface area contributed by atoms with Crippen LogP contribution in [0.2, 0.25) is 0 Å². The number of carbonyl (C=O) groups is 2. The highest BCUT2D eigenvalue weighted by Gasteiger charge is 2.13. The lowest BCUT2D eigenvalue weighted by Gasteiger charge is -2.10. The number of anilines is 1. The SMILES string of the molecule is COC(=O)C(C)Cc1ccc(NC(=O)c2ccoc2)cc1. The number of amides is 1. The number of rotatable bonds is 5. The van der Waals surface area contributed by atoms with Crippen LogP contribution in [0.3, 0.4) is 0 Å². The van der Waals surface area contributed by atoms with E-state index in [-0.39, 0.29) is 17.8 Å². The molecule has 5 heteroatoms. The number of nitrogens with one attached hydrogen (secondary N) is 1. The number of benzene rings is 1. The van der Waals surface area contributed by atoms with Crippen molar-refractivity contribution in [3.05, 3.63) is 54.0 Å². The van der Waals surface area contributed by atoms with Crippen molar-refractivity contribution in [2.45, 2.75) is 13.3 Å². The van der Waals surface area contributed by atoms with Gasteiger partial charge in [-0.15, -0.1) is 0 Å². The first-order valence-corrected chi connectivity index (χ1v) is 6.60. The van der Waals surface area contributed by atoms with Crippen molar-refractivity contribution in [2.24, 2.45) is 5.92 Å². The number of hydrogen-bond donors (Lipinski definition) is 1. The number of hydrogen-bond acceptors (Lipinski definition) is 4. The molecule has 110 valence electrons. The van der Waals surface area contributed by atoms with Gasteiger partial charge in [-0.25, -0.2) is 0 Å². The van der Waals surface area contributed by atoms with E-state index >= 15 is 0 Å². The smallest absolute Gasteiger partial charge is 0.308 e. The molecular weight excluding hydrogens is 270 g/mol. The molecule has 0 aliphatic rings. The van der Waals surface area contributed by atoms with Crippen LogP contribution >= 0.6 is 0 Å². The summed E-state index contributed by atoms with van der Waals surface area (Å²) in [6.07, 6.45) is 3.44. The molecular formula is C16H17NO4. The number of carbonyl (C=O) groups excluding carboxylic acids is 2. The van der Waals surface area contributed by atoms with Crippen LogP contribution in [0, 0.1) is 5.92 Å². The summed E-state index contributed by atoms with van der Waals surface area (Å²) in [4.78, 5) is 23.2. The topological polar surface area (TPSA) is 68.5 Å². The molecule has 0 aliphatic heterocycles. The average molecular weight is 287 g/mol. The monoisotopic (exact) mass is 287 g/mol. The molecule has 0 saturated carbocycles. The van der Waals surface area contributed by atoms with Crippen molar-refractivity contribution in [1.29, 1.82) is 0 Å². The number of methoxy groups -OCH3 is 1. The summed E-state index contributed by atoms with van der Waals surface area (Å²) in [5.41, 5.74) is 2.17. The summed E-state index contributed by atoms with van der Waals surface area (Å²) in [6, 6.07) is 8.96. The van der Waals surface area contributed by atoms with Gasteiger partial charge in [-0.1, -0.05) is 19.1 Å². The van der Waals surface area contributed by atoms with E-state index in [0.29, 0.717) is 17.7 Å². The Kier molecular flexibility index (Phi) is 4.77. The fourth-order valence-electron chi connectivity index (χ4n) is 1.96. The fourth-order valence-corrected chi connectivity index (χ4v) is 1.96. The van der Waals surface area contributed by atoms with Gasteiger partial charge in [0.25, 0.3) is 5.91 Å². The molecule has 0 spiro atoms. The molecule has 1 aromatic carbocycles. The third kappa shape index (κ3) is 3.95. The summed E-state index contributed by atoms with van der Waals surface area (Å²) in [6.45, 7) is 1.82. The van der Waals surface area contributed by atoms with Crippen molar-refractivity contribution in [1.82, 2.24) is 0 Å². The van der Waals surface area contributed by atoms with Crippen LogP contribution in [-0.4, -0.2) is 19.0 Å². The zero-order valence-electron chi connectivity index (χ0n) is 12.0. The molecule has 2 rings (SSSR count). The first-order chi connectivity index (χ1) is 10.1. The molecule has 0 fully saturated rings. The third-order valence-electron chi connectivity index (χ3n) is 3.14. The molecule has 5 nitrogen and oxygen atoms in total. The number of furan rings is 1. The highest BCUT2D eigenvalue weighted by atomic mass is 16.5. The van der Waals surface area contributed by atoms with Gasteiger partial charge in [-0.3, -0.25) is 9.59 Å². The lowest BCUT2D eigenvalue weighted by Crippen LogP contribution is -2.15. The molecule has 0 saturated heterocycles. The van der Waals surface area contributed by atoms with Gasteiger partial charge in [0.05, 0.1) is 24.9 Å². The van der Waals surface area contributed by atoms with Gasteiger partial charge < -0.3 is 14.5 Å². The van der Waals surface area contributed by atoms with Crippen LogP contribution in [0.25, 0.3) is 0 Å². The van der Waals surface area contributed by atoms with Crippen LogP contribution in [0.15, 0.2) is 47.3 Å². The third-order valence-corrected chi connectivity index (χ3v) is 3.14. The summed E-state index contributed by atoms with van der Waals surface area (Å²) in [5.74, 6) is -0.645. The van der Waals surface area contributed by atoms with Crippen molar-refractivity contribution < 1.29 is 18.7 Å². The molecule has 1 N–H and O–H groups in total. The maximum Gasteiger partial charge on any atom is 0.308 e.